The molecule has 0 radical (unpaired) electrons. The van der Waals surface area contributed by atoms with Crippen molar-refractivity contribution in [2.24, 2.45) is 22.5 Å². The number of carbonyl (C=O) groups excluding carboxylic acids is 1. The number of hydrogen-bond donors (Lipinski definition) is 2. The van der Waals surface area contributed by atoms with Crippen molar-refractivity contribution in [3.8, 4) is 5.75 Å². The molecule has 3 aliphatic carbocycles. The summed E-state index contributed by atoms with van der Waals surface area (Å²) < 4.78 is 42.9. The van der Waals surface area contributed by atoms with Crippen LogP contribution in [0.25, 0.3) is 0 Å². The van der Waals surface area contributed by atoms with Crippen molar-refractivity contribution in [2.45, 2.75) is 134 Å². The van der Waals surface area contributed by atoms with Gasteiger partial charge in [-0.05, 0) is 111 Å². The number of esters is 1. The number of thioether (sulfide) groups is 1. The molecular weight excluding hydrogens is 597 g/mol. The van der Waals surface area contributed by atoms with E-state index in [-0.39, 0.29) is 39.6 Å². The summed E-state index contributed by atoms with van der Waals surface area (Å²) in [4.78, 5) is 14.0. The summed E-state index contributed by atoms with van der Waals surface area (Å²) in [6.07, 6.45) is 7.05. The van der Waals surface area contributed by atoms with Gasteiger partial charge in [0.25, 0.3) is 5.92 Å². The second kappa shape index (κ2) is 14.9. The van der Waals surface area contributed by atoms with E-state index in [2.05, 4.69) is 47.6 Å². The van der Waals surface area contributed by atoms with Crippen LogP contribution in [-0.2, 0) is 11.2 Å². The number of benzene rings is 1. The van der Waals surface area contributed by atoms with E-state index in [0.717, 1.165) is 44.9 Å². The van der Waals surface area contributed by atoms with Crippen LogP contribution in [0, 0.1) is 16.7 Å². The molecule has 1 aromatic carbocycles. The molecule has 5 unspecified atom stereocenters. The Kier molecular flexibility index (Phi) is 12.6. The minimum atomic E-state index is -3.13. The van der Waals surface area contributed by atoms with Crippen molar-refractivity contribution in [1.82, 2.24) is 4.90 Å². The minimum Gasteiger partial charge on any atom is -0.426 e. The number of nitrogens with two attached hydrogens (primary N) is 1. The summed E-state index contributed by atoms with van der Waals surface area (Å²) in [6.45, 7) is 12.2. The first-order valence-electron chi connectivity index (χ1n) is 16.8. The Morgan fingerprint density at radius 1 is 1.16 bits per heavy atom. The minimum absolute atomic E-state index is 0.0370. The number of aryl methyl sites for hydroxylation is 1. The van der Waals surface area contributed by atoms with Crippen LogP contribution in [0.3, 0.4) is 0 Å². The zero-order valence-electron chi connectivity index (χ0n) is 29.0. The first-order chi connectivity index (χ1) is 20.8. The third-order valence-corrected chi connectivity index (χ3v) is 13.5. The Morgan fingerprint density at radius 2 is 1.84 bits per heavy atom. The number of alkyl halides is 3. The molecule has 0 bridgehead atoms. The predicted molar refractivity (Wildman–Crippen MR) is 180 cm³/mol. The molecule has 9 heteroatoms. The molecule has 3 N–H and O–H groups in total. The molecule has 0 aromatic heterocycles. The van der Waals surface area contributed by atoms with Gasteiger partial charge in [0.1, 0.15) is 5.75 Å². The number of fused-ring (bicyclic) bond motifs is 5. The summed E-state index contributed by atoms with van der Waals surface area (Å²) in [5, 5.41) is 10.6. The lowest BCUT2D eigenvalue weighted by Gasteiger charge is -2.56. The van der Waals surface area contributed by atoms with Gasteiger partial charge >= 0.3 is 5.97 Å². The van der Waals surface area contributed by atoms with Crippen LogP contribution >= 0.6 is 11.8 Å². The molecule has 45 heavy (non-hydrogen) atoms. The van der Waals surface area contributed by atoms with Crippen LogP contribution < -0.4 is 10.5 Å². The van der Waals surface area contributed by atoms with E-state index in [9.17, 15) is 23.1 Å². The standard InChI is InChI=1S/C23H34N2O3.C13H25F3S/c1-22-11-9-18-17-5-4-16(28-21(27)10-13-25(2)3)14-15(17)8-12-23(18,24)19(22)6-7-20(22)26;1-6-11(2,3)12(4,5)17-9-7-8-13(15,16)10-14/h4-5,14,18-20,26H,6-13,24H2,1-3H3;6-10H2,1-5H3. The van der Waals surface area contributed by atoms with Crippen molar-refractivity contribution in [1.29, 1.82) is 0 Å². The van der Waals surface area contributed by atoms with E-state index in [1.54, 1.807) is 11.8 Å². The van der Waals surface area contributed by atoms with Gasteiger partial charge in [-0.15, -0.1) is 0 Å². The Morgan fingerprint density at radius 3 is 2.47 bits per heavy atom. The number of halogens is 3. The van der Waals surface area contributed by atoms with Crippen molar-refractivity contribution in [3.63, 3.8) is 0 Å². The second-order valence-corrected chi connectivity index (χ2v) is 17.2. The Balaban J connectivity index is 0.000000281. The topological polar surface area (TPSA) is 75.8 Å². The predicted octanol–water partition coefficient (Wildman–Crippen LogP) is 8.16. The molecule has 0 spiro atoms. The van der Waals surface area contributed by atoms with Crippen LogP contribution in [-0.4, -0.2) is 71.4 Å². The number of nitrogens with zero attached hydrogens (tertiary/aromatic N) is 1. The molecule has 258 valence electrons. The molecule has 0 saturated heterocycles. The normalized spacial score (nSPS) is 28.1. The average Bonchev–Trinajstić information content (AvgIpc) is 3.29. The molecule has 2 saturated carbocycles. The van der Waals surface area contributed by atoms with Gasteiger partial charge in [-0.3, -0.25) is 4.79 Å². The van der Waals surface area contributed by atoms with Crippen LogP contribution in [0.2, 0.25) is 0 Å². The van der Waals surface area contributed by atoms with Crippen LogP contribution in [0.1, 0.15) is 116 Å². The molecule has 2 fully saturated rings. The molecule has 0 heterocycles. The molecule has 0 aliphatic heterocycles. The quantitative estimate of drug-likeness (QED) is 0.134. The van der Waals surface area contributed by atoms with Gasteiger partial charge in [0.05, 0.1) is 12.5 Å². The van der Waals surface area contributed by atoms with E-state index in [1.165, 1.54) is 11.1 Å². The molecule has 4 rings (SSSR count). The lowest BCUT2D eigenvalue weighted by Crippen LogP contribution is -2.61. The van der Waals surface area contributed by atoms with Gasteiger partial charge in [-0.25, -0.2) is 13.2 Å². The molecule has 1 aromatic rings. The van der Waals surface area contributed by atoms with Crippen LogP contribution in [0.15, 0.2) is 18.2 Å². The van der Waals surface area contributed by atoms with Gasteiger partial charge in [0.15, 0.2) is 6.67 Å². The zero-order chi connectivity index (χ0) is 33.8. The lowest BCUT2D eigenvalue weighted by atomic mass is 9.51. The first kappa shape index (κ1) is 38.2. The molecule has 5 atom stereocenters. The maximum atomic E-state index is 12.7. The van der Waals surface area contributed by atoms with Crippen molar-refractivity contribution in [2.75, 3.05) is 33.1 Å². The van der Waals surface area contributed by atoms with E-state index < -0.39 is 12.6 Å². The first-order valence-corrected chi connectivity index (χ1v) is 17.8. The highest BCUT2D eigenvalue weighted by Crippen LogP contribution is 2.61. The van der Waals surface area contributed by atoms with Crippen LogP contribution in [0.4, 0.5) is 13.2 Å². The van der Waals surface area contributed by atoms with Gasteiger partial charge in [0, 0.05) is 29.2 Å². The van der Waals surface area contributed by atoms with Crippen molar-refractivity contribution in [3.05, 3.63) is 29.3 Å². The van der Waals surface area contributed by atoms with Crippen molar-refractivity contribution < 1.29 is 27.8 Å². The summed E-state index contributed by atoms with van der Waals surface area (Å²) in [5.74, 6) is -1.31. The lowest BCUT2D eigenvalue weighted by molar-refractivity contribution is -0.134. The highest BCUT2D eigenvalue weighted by atomic mass is 32.2. The maximum Gasteiger partial charge on any atom is 0.312 e. The third kappa shape index (κ3) is 8.80. The molecule has 5 nitrogen and oxygen atoms in total. The summed E-state index contributed by atoms with van der Waals surface area (Å²) in [7, 11) is 3.90. The number of aliphatic hydroxyl groups is 1. The third-order valence-electron chi connectivity index (χ3n) is 11.7. The number of carbonyl (C=O) groups is 1. The number of aliphatic hydroxyl groups excluding tert-OH is 1. The number of rotatable bonds is 12. The second-order valence-electron chi connectivity index (χ2n) is 15.4. The van der Waals surface area contributed by atoms with Gasteiger partial charge < -0.3 is 20.5 Å². The average molecular weight is 657 g/mol. The monoisotopic (exact) mass is 656 g/mol. The summed E-state index contributed by atoms with van der Waals surface area (Å²) >= 11 is 1.71. The van der Waals surface area contributed by atoms with Crippen LogP contribution in [0.5, 0.6) is 5.75 Å². The largest absolute Gasteiger partial charge is 0.426 e. The fourth-order valence-electron chi connectivity index (χ4n) is 7.60. The summed E-state index contributed by atoms with van der Waals surface area (Å²) in [6, 6.07) is 6.10. The molecular formula is C36H59F3N2O3S. The molecule has 0 amide bonds. The van der Waals surface area contributed by atoms with E-state index in [4.69, 9.17) is 10.5 Å². The highest BCUT2D eigenvalue weighted by molar-refractivity contribution is 8.00. The van der Waals surface area contributed by atoms with Gasteiger partial charge in [-0.2, -0.15) is 11.8 Å². The Hall–Kier alpha value is -1.29. The Bertz CT molecular complexity index is 1150. The molecule has 3 aliphatic rings. The fraction of sp³-hybridized carbons (Fsp3) is 0.806. The maximum absolute atomic E-state index is 12.7. The van der Waals surface area contributed by atoms with E-state index >= 15 is 0 Å². The van der Waals surface area contributed by atoms with Gasteiger partial charge in [-0.1, -0.05) is 47.6 Å². The van der Waals surface area contributed by atoms with Gasteiger partial charge in [0.2, 0.25) is 0 Å². The number of hydrogen-bond acceptors (Lipinski definition) is 6. The highest BCUT2D eigenvalue weighted by Gasteiger charge is 2.60. The fourth-order valence-corrected chi connectivity index (χ4v) is 8.93. The van der Waals surface area contributed by atoms with Crippen molar-refractivity contribution >= 4 is 17.7 Å². The number of ether oxygens (including phenoxy) is 1. The Labute approximate surface area is 274 Å². The SMILES string of the molecule is CCC(C)(C)C(C)(C)SCCCC(F)(F)CF.CN(C)CCC(=O)Oc1ccc2c(c1)CCC1(N)C2CCC2(C)C(O)CCC21. The smallest absolute Gasteiger partial charge is 0.312 e. The van der Waals surface area contributed by atoms with E-state index in [0.29, 0.717) is 42.7 Å². The summed E-state index contributed by atoms with van der Waals surface area (Å²) in [5.41, 5.74) is 9.59. The van der Waals surface area contributed by atoms with E-state index in [1.807, 2.05) is 31.1 Å². The zero-order valence-corrected chi connectivity index (χ0v) is 29.8.